The summed E-state index contributed by atoms with van der Waals surface area (Å²) in [5.74, 6) is 4.75. The van der Waals surface area contributed by atoms with Gasteiger partial charge in [0.15, 0.2) is 0 Å². The van der Waals surface area contributed by atoms with Crippen LogP contribution in [0.4, 0.5) is 4.79 Å². The molecular weight excluding hydrogens is 204 g/mol. The summed E-state index contributed by atoms with van der Waals surface area (Å²) in [5.41, 5.74) is 2.51. The van der Waals surface area contributed by atoms with E-state index in [1.807, 2.05) is 6.92 Å². The van der Waals surface area contributed by atoms with Gasteiger partial charge in [-0.25, -0.2) is 14.3 Å². The summed E-state index contributed by atoms with van der Waals surface area (Å²) in [7, 11) is -3.98. The van der Waals surface area contributed by atoms with Crippen molar-refractivity contribution in [1.82, 2.24) is 5.43 Å². The first-order chi connectivity index (χ1) is 6.48. The fraction of sp³-hybridized carbons (Fsp3) is 0.125. The van der Waals surface area contributed by atoms with Crippen LogP contribution >= 0.6 is 0 Å². The van der Waals surface area contributed by atoms with Gasteiger partial charge in [-0.3, -0.25) is 10.2 Å². The van der Waals surface area contributed by atoms with Crippen LogP contribution in [0.15, 0.2) is 29.2 Å². The Morgan fingerprint density at radius 1 is 1.29 bits per heavy atom. The van der Waals surface area contributed by atoms with E-state index in [0.29, 0.717) is 0 Å². The van der Waals surface area contributed by atoms with Crippen molar-refractivity contribution >= 4 is 15.1 Å². The molecule has 0 aliphatic heterocycles. The molecule has 0 atom stereocenters. The number of hydrazine groups is 1. The number of carbonyl (C=O) groups is 1. The first kappa shape index (κ1) is 10.7. The number of hydrogen-bond donors (Lipinski definition) is 2. The molecule has 1 aromatic carbocycles. The largest absolute Gasteiger partial charge is 0.355 e. The summed E-state index contributed by atoms with van der Waals surface area (Å²) in [5, 5.41) is -1.21. The van der Waals surface area contributed by atoms with Crippen molar-refractivity contribution in [3.63, 3.8) is 0 Å². The zero-order valence-corrected chi connectivity index (χ0v) is 8.34. The van der Waals surface area contributed by atoms with Gasteiger partial charge in [0.1, 0.15) is 0 Å². The number of sulfone groups is 1. The summed E-state index contributed by atoms with van der Waals surface area (Å²) < 4.78 is 22.8. The molecule has 1 rings (SSSR count). The number of nitrogens with two attached hydrogens (primary N) is 1. The van der Waals surface area contributed by atoms with Crippen molar-refractivity contribution in [2.75, 3.05) is 0 Å². The lowest BCUT2D eigenvalue weighted by Gasteiger charge is -2.02. The third kappa shape index (κ3) is 1.91. The molecule has 14 heavy (non-hydrogen) atoms. The van der Waals surface area contributed by atoms with E-state index < -0.39 is 15.1 Å². The molecular formula is C8H10N2O3S. The van der Waals surface area contributed by atoms with Crippen LogP contribution in [0.1, 0.15) is 5.56 Å². The van der Waals surface area contributed by atoms with Crippen LogP contribution in [0.25, 0.3) is 0 Å². The fourth-order valence-electron chi connectivity index (χ4n) is 0.902. The summed E-state index contributed by atoms with van der Waals surface area (Å²) in [4.78, 5) is 10.8. The lowest BCUT2D eigenvalue weighted by atomic mass is 10.2. The second kappa shape index (κ2) is 3.77. The highest BCUT2D eigenvalue weighted by molar-refractivity contribution is 8.06. The molecule has 0 saturated carbocycles. The van der Waals surface area contributed by atoms with Gasteiger partial charge >= 0.3 is 5.24 Å². The Hall–Kier alpha value is -1.40. The van der Waals surface area contributed by atoms with Gasteiger partial charge in [0.25, 0.3) is 9.84 Å². The number of rotatable bonds is 1. The summed E-state index contributed by atoms with van der Waals surface area (Å²) in [6.07, 6.45) is 0. The minimum absolute atomic E-state index is 0.0638. The minimum atomic E-state index is -3.98. The van der Waals surface area contributed by atoms with E-state index >= 15 is 0 Å². The Bertz CT molecular complexity index is 436. The van der Waals surface area contributed by atoms with Gasteiger partial charge in [-0.15, -0.1) is 0 Å². The molecule has 5 nitrogen and oxygen atoms in total. The molecule has 1 aromatic rings. The van der Waals surface area contributed by atoms with E-state index in [-0.39, 0.29) is 4.90 Å². The van der Waals surface area contributed by atoms with Crippen molar-refractivity contribution in [2.45, 2.75) is 11.8 Å². The quantitative estimate of drug-likeness (QED) is 0.401. The Balaban J connectivity index is 3.18. The highest BCUT2D eigenvalue weighted by atomic mass is 32.2. The Morgan fingerprint density at radius 2 is 1.79 bits per heavy atom. The van der Waals surface area contributed by atoms with E-state index in [1.165, 1.54) is 12.1 Å². The van der Waals surface area contributed by atoms with E-state index in [9.17, 15) is 13.2 Å². The van der Waals surface area contributed by atoms with Gasteiger partial charge in [0.05, 0.1) is 4.90 Å². The molecule has 0 heterocycles. The molecule has 1 amide bonds. The summed E-state index contributed by atoms with van der Waals surface area (Å²) in [6, 6.07) is 5.94. The molecule has 0 aliphatic carbocycles. The SMILES string of the molecule is Cc1ccc(S(=O)(=O)C(=O)NN)cc1. The van der Waals surface area contributed by atoms with Gasteiger partial charge in [-0.2, -0.15) is 0 Å². The second-order valence-corrected chi connectivity index (χ2v) is 4.60. The molecule has 0 radical (unpaired) electrons. The number of amides is 1. The molecule has 0 unspecified atom stereocenters. The Morgan fingerprint density at radius 3 is 2.21 bits per heavy atom. The third-order valence-electron chi connectivity index (χ3n) is 1.69. The van der Waals surface area contributed by atoms with Crippen LogP contribution in [-0.2, 0) is 9.84 Å². The maximum Gasteiger partial charge on any atom is 0.355 e. The van der Waals surface area contributed by atoms with Crippen LogP contribution in [-0.4, -0.2) is 13.7 Å². The van der Waals surface area contributed by atoms with E-state index in [0.717, 1.165) is 5.56 Å². The van der Waals surface area contributed by atoms with Crippen molar-refractivity contribution in [1.29, 1.82) is 0 Å². The molecule has 0 aliphatic rings. The molecule has 76 valence electrons. The monoisotopic (exact) mass is 214 g/mol. The predicted molar refractivity (Wildman–Crippen MR) is 51.1 cm³/mol. The molecule has 6 heteroatoms. The van der Waals surface area contributed by atoms with Crippen molar-refractivity contribution < 1.29 is 13.2 Å². The standard InChI is InChI=1S/C8H10N2O3S/c1-6-2-4-7(5-3-6)14(12,13)8(11)10-9/h2-5H,9H2,1H3,(H,10,11). The van der Waals surface area contributed by atoms with Gasteiger partial charge < -0.3 is 0 Å². The van der Waals surface area contributed by atoms with Crippen LogP contribution < -0.4 is 11.3 Å². The fourth-order valence-corrected chi connectivity index (χ4v) is 1.77. The second-order valence-electron chi connectivity index (χ2n) is 2.75. The maximum absolute atomic E-state index is 11.4. The highest BCUT2D eigenvalue weighted by Crippen LogP contribution is 2.12. The topological polar surface area (TPSA) is 89.3 Å². The minimum Gasteiger partial charge on any atom is -0.280 e. The summed E-state index contributed by atoms with van der Waals surface area (Å²) in [6.45, 7) is 1.82. The molecule has 0 saturated heterocycles. The van der Waals surface area contributed by atoms with Crippen molar-refractivity contribution in [2.24, 2.45) is 5.84 Å². The van der Waals surface area contributed by atoms with Crippen LogP contribution in [0.5, 0.6) is 0 Å². The predicted octanol–water partition coefficient (Wildman–Crippen LogP) is 0.352. The van der Waals surface area contributed by atoms with E-state index in [2.05, 4.69) is 0 Å². The first-order valence-corrected chi connectivity index (χ1v) is 5.29. The molecule has 3 N–H and O–H groups in total. The van der Waals surface area contributed by atoms with E-state index in [1.54, 1.807) is 17.6 Å². The zero-order valence-electron chi connectivity index (χ0n) is 7.52. The molecule has 0 aromatic heterocycles. The highest BCUT2D eigenvalue weighted by Gasteiger charge is 2.23. The number of aryl methyl sites for hydroxylation is 1. The summed E-state index contributed by atoms with van der Waals surface area (Å²) >= 11 is 0. The Labute approximate surface area is 81.8 Å². The normalized spacial score (nSPS) is 11.0. The lowest BCUT2D eigenvalue weighted by Crippen LogP contribution is -2.34. The van der Waals surface area contributed by atoms with Crippen LogP contribution in [0, 0.1) is 6.92 Å². The van der Waals surface area contributed by atoms with Gasteiger partial charge in [0.2, 0.25) is 0 Å². The molecule has 0 spiro atoms. The first-order valence-electron chi connectivity index (χ1n) is 3.81. The third-order valence-corrected chi connectivity index (χ3v) is 3.19. The zero-order chi connectivity index (χ0) is 10.8. The average molecular weight is 214 g/mol. The van der Waals surface area contributed by atoms with Crippen LogP contribution in [0.3, 0.4) is 0 Å². The molecule has 0 fully saturated rings. The Kier molecular flexibility index (Phi) is 2.87. The lowest BCUT2D eigenvalue weighted by molar-refractivity contribution is 0.258. The van der Waals surface area contributed by atoms with Gasteiger partial charge in [-0.05, 0) is 19.1 Å². The van der Waals surface area contributed by atoms with Crippen LogP contribution in [0.2, 0.25) is 0 Å². The molecule has 0 bridgehead atoms. The van der Waals surface area contributed by atoms with Gasteiger partial charge in [0, 0.05) is 0 Å². The number of carbonyl (C=O) groups excluding carboxylic acids is 1. The maximum atomic E-state index is 11.4. The smallest absolute Gasteiger partial charge is 0.280 e. The number of hydrogen-bond acceptors (Lipinski definition) is 4. The van der Waals surface area contributed by atoms with Gasteiger partial charge in [-0.1, -0.05) is 17.7 Å². The van der Waals surface area contributed by atoms with Crippen molar-refractivity contribution in [3.05, 3.63) is 29.8 Å². The van der Waals surface area contributed by atoms with E-state index in [4.69, 9.17) is 5.84 Å². The number of nitrogens with one attached hydrogen (secondary N) is 1. The number of benzene rings is 1. The average Bonchev–Trinajstić information content (AvgIpc) is 2.17. The van der Waals surface area contributed by atoms with Crippen molar-refractivity contribution in [3.8, 4) is 0 Å².